The molecule has 0 heterocycles. The Bertz CT molecular complexity index is 121. The van der Waals surface area contributed by atoms with E-state index in [0.717, 1.165) is 12.0 Å². The lowest BCUT2D eigenvalue weighted by Gasteiger charge is -2.00. The lowest BCUT2D eigenvalue weighted by Crippen LogP contribution is -2.18. The molecule has 0 aliphatic rings. The second-order valence-corrected chi connectivity index (χ2v) is 1.62. The van der Waals surface area contributed by atoms with Gasteiger partial charge in [0.05, 0.1) is 6.07 Å². The molecular weight excluding hydrogens is 100 g/mol. The van der Waals surface area contributed by atoms with Gasteiger partial charge in [0, 0.05) is 0 Å². The summed E-state index contributed by atoms with van der Waals surface area (Å²) < 4.78 is 0. The molecule has 8 heavy (non-hydrogen) atoms. The Kier molecular flexibility index (Phi) is 2.90. The number of hydrogen-bond donors (Lipinski definition) is 1. The van der Waals surface area contributed by atoms with Crippen LogP contribution in [0.5, 0.6) is 0 Å². The molecule has 0 aliphatic carbocycles. The second-order valence-electron chi connectivity index (χ2n) is 1.62. The van der Waals surface area contributed by atoms with Gasteiger partial charge < -0.3 is 5.73 Å². The highest BCUT2D eigenvalue weighted by Crippen LogP contribution is 1.98. The smallest absolute Gasteiger partial charge is 0.114 e. The summed E-state index contributed by atoms with van der Waals surface area (Å²) in [6, 6.07) is 1.42. The first-order chi connectivity index (χ1) is 3.72. The third-order valence-electron chi connectivity index (χ3n) is 1.03. The van der Waals surface area contributed by atoms with Crippen LogP contribution >= 0.6 is 0 Å². The first-order valence-electron chi connectivity index (χ1n) is 2.55. The van der Waals surface area contributed by atoms with Crippen molar-refractivity contribution >= 4 is 0 Å². The maximum absolute atomic E-state index is 8.20. The molecule has 1 unspecified atom stereocenters. The van der Waals surface area contributed by atoms with Crippen LogP contribution in [0.2, 0.25) is 0 Å². The van der Waals surface area contributed by atoms with Crippen molar-refractivity contribution in [3.63, 3.8) is 0 Å². The summed E-state index contributed by atoms with van der Waals surface area (Å²) in [4.78, 5) is 0. The molecule has 0 bridgehead atoms. The van der Waals surface area contributed by atoms with Gasteiger partial charge in [0.2, 0.25) is 0 Å². The van der Waals surface area contributed by atoms with Gasteiger partial charge >= 0.3 is 0 Å². The molecule has 0 radical (unpaired) electrons. The van der Waals surface area contributed by atoms with Crippen molar-refractivity contribution in [3.8, 4) is 6.07 Å². The maximum atomic E-state index is 8.20. The largest absolute Gasteiger partial charge is 0.312 e. The fraction of sp³-hybridized carbons (Fsp3) is 0.500. The zero-order valence-electron chi connectivity index (χ0n) is 5.02. The lowest BCUT2D eigenvalue weighted by atomic mass is 10.1. The van der Waals surface area contributed by atoms with Gasteiger partial charge in [-0.15, -0.1) is 0 Å². The van der Waals surface area contributed by atoms with Gasteiger partial charge in [-0.25, -0.2) is 0 Å². The first kappa shape index (κ1) is 7.19. The quantitative estimate of drug-likeness (QED) is 0.534. The number of nitrogens with two attached hydrogens (primary N) is 1. The van der Waals surface area contributed by atoms with Crippen molar-refractivity contribution in [2.45, 2.75) is 19.4 Å². The van der Waals surface area contributed by atoms with E-state index >= 15 is 0 Å². The number of hydrogen-bond acceptors (Lipinski definition) is 2. The minimum Gasteiger partial charge on any atom is -0.312 e. The summed E-state index contributed by atoms with van der Waals surface area (Å²) in [6.07, 6.45) is 0.786. The molecule has 0 fully saturated rings. The van der Waals surface area contributed by atoms with E-state index in [0.29, 0.717) is 0 Å². The minimum atomic E-state index is -0.472. The van der Waals surface area contributed by atoms with Crippen molar-refractivity contribution in [1.29, 1.82) is 5.26 Å². The Balaban J connectivity index is 3.68. The molecular formula is C6H10N2. The van der Waals surface area contributed by atoms with Gasteiger partial charge in [-0.3, -0.25) is 0 Å². The predicted octanol–water partition coefficient (Wildman–Crippen LogP) is 0.803. The fourth-order valence-corrected chi connectivity index (χ4v) is 0.311. The normalized spacial score (nSPS) is 12.1. The zero-order valence-corrected chi connectivity index (χ0v) is 5.02. The molecule has 0 aromatic carbocycles. The summed E-state index contributed by atoms with van der Waals surface area (Å²) in [7, 11) is 0. The standard InChI is InChI=1S/C6H10N2/c1-3-5(2)6(8)4-7/h6H,2-3,8H2,1H3. The molecule has 0 spiro atoms. The van der Waals surface area contributed by atoms with E-state index < -0.39 is 6.04 Å². The molecule has 44 valence electrons. The van der Waals surface area contributed by atoms with Crippen molar-refractivity contribution < 1.29 is 0 Å². The number of rotatable bonds is 2. The van der Waals surface area contributed by atoms with Crippen molar-refractivity contribution in [2.24, 2.45) is 5.73 Å². The van der Waals surface area contributed by atoms with Gasteiger partial charge in [0.1, 0.15) is 6.04 Å². The average Bonchev–Trinajstić information content (AvgIpc) is 1.84. The van der Waals surface area contributed by atoms with Gasteiger partial charge in [0.15, 0.2) is 0 Å². The van der Waals surface area contributed by atoms with E-state index in [2.05, 4.69) is 6.58 Å². The summed E-state index contributed by atoms with van der Waals surface area (Å²) >= 11 is 0. The zero-order chi connectivity index (χ0) is 6.57. The van der Waals surface area contributed by atoms with E-state index in [9.17, 15) is 0 Å². The Labute approximate surface area is 49.6 Å². The molecule has 0 saturated carbocycles. The van der Waals surface area contributed by atoms with E-state index in [-0.39, 0.29) is 0 Å². The van der Waals surface area contributed by atoms with Crippen LogP contribution in [0.25, 0.3) is 0 Å². The fourth-order valence-electron chi connectivity index (χ4n) is 0.311. The number of nitriles is 1. The Morgan fingerprint density at radius 3 is 2.62 bits per heavy atom. The third-order valence-corrected chi connectivity index (χ3v) is 1.03. The molecule has 2 nitrogen and oxygen atoms in total. The van der Waals surface area contributed by atoms with Gasteiger partial charge in [-0.1, -0.05) is 13.5 Å². The Morgan fingerprint density at radius 1 is 2.00 bits per heavy atom. The highest BCUT2D eigenvalue weighted by molar-refractivity contribution is 5.13. The molecule has 0 aromatic heterocycles. The van der Waals surface area contributed by atoms with Crippen LogP contribution in [0.3, 0.4) is 0 Å². The van der Waals surface area contributed by atoms with Crippen LogP contribution in [-0.2, 0) is 0 Å². The molecule has 2 heteroatoms. The van der Waals surface area contributed by atoms with Gasteiger partial charge in [0.25, 0.3) is 0 Å². The Hall–Kier alpha value is -0.810. The van der Waals surface area contributed by atoms with Crippen molar-refractivity contribution in [2.75, 3.05) is 0 Å². The van der Waals surface area contributed by atoms with Crippen LogP contribution in [-0.4, -0.2) is 6.04 Å². The third kappa shape index (κ3) is 1.76. The molecule has 0 amide bonds. The molecule has 0 rings (SSSR count). The lowest BCUT2D eigenvalue weighted by molar-refractivity contribution is 0.900. The molecule has 0 aromatic rings. The van der Waals surface area contributed by atoms with E-state index in [4.69, 9.17) is 11.0 Å². The minimum absolute atomic E-state index is 0.472. The van der Waals surface area contributed by atoms with Crippen molar-refractivity contribution in [3.05, 3.63) is 12.2 Å². The summed E-state index contributed by atoms with van der Waals surface area (Å²) in [5.41, 5.74) is 6.06. The van der Waals surface area contributed by atoms with E-state index in [1.165, 1.54) is 0 Å². The Morgan fingerprint density at radius 2 is 2.50 bits per heavy atom. The van der Waals surface area contributed by atoms with Crippen LogP contribution in [0.1, 0.15) is 13.3 Å². The van der Waals surface area contributed by atoms with E-state index in [1.54, 1.807) is 0 Å². The number of nitrogens with zero attached hydrogens (tertiary/aromatic N) is 1. The molecule has 2 N–H and O–H groups in total. The van der Waals surface area contributed by atoms with Crippen molar-refractivity contribution in [1.82, 2.24) is 0 Å². The van der Waals surface area contributed by atoms with Crippen LogP contribution in [0.4, 0.5) is 0 Å². The van der Waals surface area contributed by atoms with Crippen LogP contribution in [0.15, 0.2) is 12.2 Å². The predicted molar refractivity (Wildman–Crippen MR) is 33.0 cm³/mol. The monoisotopic (exact) mass is 110 g/mol. The maximum Gasteiger partial charge on any atom is 0.114 e. The van der Waals surface area contributed by atoms with Crippen LogP contribution in [0, 0.1) is 11.3 Å². The SMILES string of the molecule is C=C(CC)C(N)C#N. The molecule has 0 aliphatic heterocycles. The topological polar surface area (TPSA) is 49.8 Å². The summed E-state index contributed by atoms with van der Waals surface area (Å²) in [6.45, 7) is 5.53. The average molecular weight is 110 g/mol. The summed E-state index contributed by atoms with van der Waals surface area (Å²) in [5.74, 6) is 0. The molecule has 1 atom stereocenters. The first-order valence-corrected chi connectivity index (χ1v) is 2.55. The van der Waals surface area contributed by atoms with Gasteiger partial charge in [-0.05, 0) is 12.0 Å². The molecule has 0 saturated heterocycles. The second kappa shape index (κ2) is 3.23. The summed E-state index contributed by atoms with van der Waals surface area (Å²) in [5, 5.41) is 8.20. The van der Waals surface area contributed by atoms with E-state index in [1.807, 2.05) is 13.0 Å². The van der Waals surface area contributed by atoms with Gasteiger partial charge in [-0.2, -0.15) is 5.26 Å². The van der Waals surface area contributed by atoms with Crippen LogP contribution < -0.4 is 5.73 Å². The highest BCUT2D eigenvalue weighted by Gasteiger charge is 1.99. The highest BCUT2D eigenvalue weighted by atomic mass is 14.6.